The van der Waals surface area contributed by atoms with E-state index in [2.05, 4.69) is 41.6 Å². The van der Waals surface area contributed by atoms with Crippen LogP contribution >= 0.6 is 22.6 Å². The highest BCUT2D eigenvalue weighted by atomic mass is 127. The van der Waals surface area contributed by atoms with Crippen LogP contribution in [-0.4, -0.2) is 18.7 Å². The molecule has 4 heteroatoms. The average Bonchev–Trinajstić information content (AvgIpc) is 2.97. The fraction of sp³-hybridized carbons (Fsp3) is 0.720. The summed E-state index contributed by atoms with van der Waals surface area (Å²) in [6.07, 6.45) is 9.09. The van der Waals surface area contributed by atoms with E-state index < -0.39 is 0 Å². The molecule has 1 aliphatic heterocycles. The van der Waals surface area contributed by atoms with Gasteiger partial charge in [0, 0.05) is 5.41 Å². The van der Waals surface area contributed by atoms with Crippen molar-refractivity contribution in [2.24, 2.45) is 22.7 Å². The third-order valence-electron chi connectivity index (χ3n) is 9.28. The van der Waals surface area contributed by atoms with Crippen molar-refractivity contribution in [3.63, 3.8) is 0 Å². The molecule has 0 aromatic heterocycles. The molecule has 0 N–H and O–H groups in total. The Balaban J connectivity index is 1.47. The number of methoxy groups -OCH3 is 1. The van der Waals surface area contributed by atoms with E-state index in [-0.39, 0.29) is 22.4 Å². The Morgan fingerprint density at radius 1 is 1.07 bits per heavy atom. The van der Waals surface area contributed by atoms with Crippen molar-refractivity contribution < 1.29 is 14.3 Å². The van der Waals surface area contributed by atoms with Crippen molar-refractivity contribution in [2.45, 2.75) is 83.7 Å². The van der Waals surface area contributed by atoms with Crippen LogP contribution in [0.5, 0.6) is 5.75 Å². The van der Waals surface area contributed by atoms with E-state index >= 15 is 0 Å². The van der Waals surface area contributed by atoms with E-state index in [1.54, 1.807) is 12.7 Å². The fourth-order valence-corrected chi connectivity index (χ4v) is 8.09. The maximum Gasteiger partial charge on any atom is 0.312 e. The highest BCUT2D eigenvalue weighted by Crippen LogP contribution is 2.67. The van der Waals surface area contributed by atoms with E-state index in [9.17, 15) is 4.79 Å². The first-order valence-corrected chi connectivity index (χ1v) is 12.4. The summed E-state index contributed by atoms with van der Waals surface area (Å²) < 4.78 is 13.2. The van der Waals surface area contributed by atoms with Gasteiger partial charge in [0.2, 0.25) is 0 Å². The summed E-state index contributed by atoms with van der Waals surface area (Å²) in [4.78, 5) is 12.8. The minimum atomic E-state index is -0.323. The third-order valence-corrected chi connectivity index (χ3v) is 10.1. The second-order valence-corrected chi connectivity index (χ2v) is 12.0. The van der Waals surface area contributed by atoms with E-state index in [0.717, 1.165) is 37.4 Å². The number of hydrogen-bond donors (Lipinski definition) is 0. The molecule has 0 bridgehead atoms. The molecule has 0 amide bonds. The molecule has 5 rings (SSSR count). The van der Waals surface area contributed by atoms with Gasteiger partial charge in [-0.15, -0.1) is 0 Å². The lowest BCUT2D eigenvalue weighted by molar-refractivity contribution is -0.206. The van der Waals surface area contributed by atoms with Crippen molar-refractivity contribution in [2.75, 3.05) is 7.11 Å². The van der Waals surface area contributed by atoms with Crippen molar-refractivity contribution in [1.29, 1.82) is 0 Å². The summed E-state index contributed by atoms with van der Waals surface area (Å²) in [6.45, 7) is 6.55. The SMILES string of the molecule is COc1cc2c(cc1I)C1CCC3(C)C(CC[C@@]34CCC(C)(C)C(=O)O4)C1CC2. The Kier molecular flexibility index (Phi) is 4.59. The fourth-order valence-electron chi connectivity index (χ4n) is 7.38. The van der Waals surface area contributed by atoms with Crippen LogP contribution in [0.2, 0.25) is 0 Å². The second-order valence-electron chi connectivity index (χ2n) is 10.9. The number of carbonyl (C=O) groups excluding carboxylic acids is 1. The van der Waals surface area contributed by atoms with Crippen molar-refractivity contribution in [3.8, 4) is 5.75 Å². The zero-order valence-corrected chi connectivity index (χ0v) is 20.3. The Morgan fingerprint density at radius 2 is 1.86 bits per heavy atom. The number of fused-ring (bicyclic) bond motifs is 6. The quantitative estimate of drug-likeness (QED) is 0.332. The monoisotopic (exact) mass is 508 g/mol. The molecule has 1 heterocycles. The predicted molar refractivity (Wildman–Crippen MR) is 122 cm³/mol. The van der Waals surface area contributed by atoms with Gasteiger partial charge in [-0.05, 0) is 129 Å². The minimum absolute atomic E-state index is 0.0309. The third kappa shape index (κ3) is 2.76. The van der Waals surface area contributed by atoms with Gasteiger partial charge in [0.1, 0.15) is 11.4 Å². The van der Waals surface area contributed by atoms with E-state index in [1.807, 2.05) is 13.8 Å². The van der Waals surface area contributed by atoms with Gasteiger partial charge in [-0.3, -0.25) is 4.79 Å². The highest BCUT2D eigenvalue weighted by Gasteiger charge is 2.65. The topological polar surface area (TPSA) is 35.5 Å². The number of benzene rings is 1. The van der Waals surface area contributed by atoms with Crippen LogP contribution in [-0.2, 0) is 16.0 Å². The molecular weight excluding hydrogens is 475 g/mol. The minimum Gasteiger partial charge on any atom is -0.496 e. The van der Waals surface area contributed by atoms with Crippen LogP contribution in [0, 0.1) is 26.2 Å². The summed E-state index contributed by atoms with van der Waals surface area (Å²) in [7, 11) is 1.77. The summed E-state index contributed by atoms with van der Waals surface area (Å²) in [5.74, 6) is 3.09. The molecule has 5 atom stereocenters. The van der Waals surface area contributed by atoms with Gasteiger partial charge in [0.25, 0.3) is 0 Å². The zero-order valence-electron chi connectivity index (χ0n) is 18.1. The Hall–Kier alpha value is -0.780. The van der Waals surface area contributed by atoms with Crippen LogP contribution in [0.3, 0.4) is 0 Å². The maximum atomic E-state index is 12.8. The zero-order chi connectivity index (χ0) is 20.6. The van der Waals surface area contributed by atoms with Crippen molar-refractivity contribution >= 4 is 28.6 Å². The molecule has 29 heavy (non-hydrogen) atoms. The first-order chi connectivity index (χ1) is 13.7. The maximum absolute atomic E-state index is 12.8. The molecule has 2 saturated carbocycles. The standard InChI is InChI=1S/C25H33IO3/c1-23(2)11-12-25(29-22(23)27)10-8-19-17-6-5-15-13-21(28-4)20(26)14-18(15)16(17)7-9-24(19,25)3/h13-14,16-17,19H,5-12H2,1-4H3/t16?,17?,19?,24?,25-/m1/s1. The van der Waals surface area contributed by atoms with Crippen LogP contribution in [0.1, 0.15) is 82.8 Å². The van der Waals surface area contributed by atoms with E-state index in [1.165, 1.54) is 34.8 Å². The van der Waals surface area contributed by atoms with Crippen LogP contribution in [0.4, 0.5) is 0 Å². The molecular formula is C25H33IO3. The van der Waals surface area contributed by atoms with Crippen LogP contribution in [0.25, 0.3) is 0 Å². The molecule has 1 aromatic carbocycles. The number of ether oxygens (including phenoxy) is 2. The molecule has 3 aliphatic carbocycles. The van der Waals surface area contributed by atoms with Gasteiger partial charge in [0.15, 0.2) is 0 Å². The smallest absolute Gasteiger partial charge is 0.312 e. The van der Waals surface area contributed by atoms with Crippen LogP contribution < -0.4 is 4.74 Å². The van der Waals surface area contributed by atoms with Gasteiger partial charge >= 0.3 is 5.97 Å². The number of rotatable bonds is 1. The van der Waals surface area contributed by atoms with Gasteiger partial charge in [-0.25, -0.2) is 0 Å². The number of carbonyl (C=O) groups is 1. The van der Waals surface area contributed by atoms with Crippen molar-refractivity contribution in [1.82, 2.24) is 0 Å². The molecule has 4 aliphatic rings. The number of halogens is 1. The molecule has 3 nitrogen and oxygen atoms in total. The lowest BCUT2D eigenvalue weighted by Gasteiger charge is -2.56. The molecule has 4 unspecified atom stereocenters. The lowest BCUT2D eigenvalue weighted by Crippen LogP contribution is -2.56. The van der Waals surface area contributed by atoms with Gasteiger partial charge < -0.3 is 9.47 Å². The number of hydrogen-bond acceptors (Lipinski definition) is 3. The summed E-state index contributed by atoms with van der Waals surface area (Å²) in [6, 6.07) is 4.67. The summed E-state index contributed by atoms with van der Waals surface area (Å²) in [5, 5.41) is 0. The first kappa shape index (κ1) is 20.1. The van der Waals surface area contributed by atoms with E-state index in [4.69, 9.17) is 9.47 Å². The molecule has 158 valence electrons. The second kappa shape index (κ2) is 6.61. The average molecular weight is 508 g/mol. The predicted octanol–water partition coefficient (Wildman–Crippen LogP) is 6.26. The normalized spacial score (nSPS) is 40.0. The van der Waals surface area contributed by atoms with E-state index in [0.29, 0.717) is 11.8 Å². The summed E-state index contributed by atoms with van der Waals surface area (Å²) >= 11 is 2.42. The lowest BCUT2D eigenvalue weighted by atomic mass is 9.52. The summed E-state index contributed by atoms with van der Waals surface area (Å²) in [5.41, 5.74) is 2.65. The molecule has 1 aromatic rings. The van der Waals surface area contributed by atoms with Gasteiger partial charge in [0.05, 0.1) is 16.1 Å². The largest absolute Gasteiger partial charge is 0.496 e. The number of esters is 1. The van der Waals surface area contributed by atoms with Crippen LogP contribution in [0.15, 0.2) is 12.1 Å². The van der Waals surface area contributed by atoms with Gasteiger partial charge in [-0.2, -0.15) is 0 Å². The van der Waals surface area contributed by atoms with Gasteiger partial charge in [-0.1, -0.05) is 6.92 Å². The molecule has 1 spiro atoms. The molecule has 1 saturated heterocycles. The van der Waals surface area contributed by atoms with Crippen molar-refractivity contribution in [3.05, 3.63) is 26.8 Å². The highest BCUT2D eigenvalue weighted by molar-refractivity contribution is 14.1. The Morgan fingerprint density at radius 3 is 2.59 bits per heavy atom. The number of aryl methyl sites for hydroxylation is 1. The Labute approximate surface area is 188 Å². The molecule has 3 fully saturated rings. The Bertz CT molecular complexity index is 862. The first-order valence-electron chi connectivity index (χ1n) is 11.3. The molecule has 0 radical (unpaired) electrons.